The summed E-state index contributed by atoms with van der Waals surface area (Å²) in [4.78, 5) is 0. The first-order valence-corrected chi connectivity index (χ1v) is 3.06. The van der Waals surface area contributed by atoms with Crippen molar-refractivity contribution in [2.24, 2.45) is 7.05 Å². The molecule has 0 aliphatic heterocycles. The average molecular weight is 162 g/mol. The van der Waals surface area contributed by atoms with Gasteiger partial charge < -0.3 is 10.5 Å². The zero-order valence-electron chi connectivity index (χ0n) is 5.76. The van der Waals surface area contributed by atoms with Crippen molar-refractivity contribution in [1.82, 2.24) is 9.78 Å². The number of rotatable bonds is 1. The van der Waals surface area contributed by atoms with Gasteiger partial charge in [-0.1, -0.05) is 11.6 Å². The Morgan fingerprint density at radius 2 is 2.30 bits per heavy atom. The molecule has 1 aromatic rings. The van der Waals surface area contributed by atoms with E-state index < -0.39 is 0 Å². The van der Waals surface area contributed by atoms with Crippen LogP contribution in [0.4, 0.5) is 5.82 Å². The quantitative estimate of drug-likeness (QED) is 0.659. The number of hydrogen-bond donors (Lipinski definition) is 1. The molecular weight excluding hydrogens is 154 g/mol. The highest BCUT2D eigenvalue weighted by atomic mass is 35.5. The van der Waals surface area contributed by atoms with Crippen LogP contribution in [-0.4, -0.2) is 16.9 Å². The monoisotopic (exact) mass is 161 g/mol. The van der Waals surface area contributed by atoms with Gasteiger partial charge >= 0.3 is 0 Å². The first-order chi connectivity index (χ1) is 4.66. The van der Waals surface area contributed by atoms with Crippen molar-refractivity contribution in [1.29, 1.82) is 0 Å². The molecule has 56 valence electrons. The second kappa shape index (κ2) is 2.38. The Morgan fingerprint density at radius 1 is 1.70 bits per heavy atom. The topological polar surface area (TPSA) is 53.1 Å². The van der Waals surface area contributed by atoms with Crippen LogP contribution < -0.4 is 10.5 Å². The molecule has 0 fully saturated rings. The van der Waals surface area contributed by atoms with Crippen molar-refractivity contribution in [3.8, 4) is 5.88 Å². The van der Waals surface area contributed by atoms with Crippen molar-refractivity contribution in [3.05, 3.63) is 5.02 Å². The number of nitrogen functional groups attached to an aromatic ring is 1. The zero-order chi connectivity index (χ0) is 7.72. The molecule has 0 atom stereocenters. The van der Waals surface area contributed by atoms with Crippen LogP contribution in [0, 0.1) is 0 Å². The molecule has 0 unspecified atom stereocenters. The summed E-state index contributed by atoms with van der Waals surface area (Å²) < 4.78 is 6.37. The summed E-state index contributed by atoms with van der Waals surface area (Å²) in [6.07, 6.45) is 0. The number of halogens is 1. The van der Waals surface area contributed by atoms with E-state index >= 15 is 0 Å². The first kappa shape index (κ1) is 7.21. The molecule has 0 radical (unpaired) electrons. The highest BCUT2D eigenvalue weighted by Gasteiger charge is 2.10. The van der Waals surface area contributed by atoms with Crippen LogP contribution in [0.3, 0.4) is 0 Å². The van der Waals surface area contributed by atoms with Gasteiger partial charge in [0.05, 0.1) is 7.11 Å². The van der Waals surface area contributed by atoms with Gasteiger partial charge in [-0.05, 0) is 0 Å². The number of hydrogen-bond acceptors (Lipinski definition) is 3. The van der Waals surface area contributed by atoms with Crippen LogP contribution in [0.1, 0.15) is 0 Å². The molecule has 0 saturated carbocycles. The minimum Gasteiger partial charge on any atom is -0.480 e. The van der Waals surface area contributed by atoms with Gasteiger partial charge in [0, 0.05) is 7.05 Å². The number of nitrogens with two attached hydrogens (primary N) is 1. The van der Waals surface area contributed by atoms with Gasteiger partial charge in [-0.25, -0.2) is 4.68 Å². The molecule has 0 amide bonds. The van der Waals surface area contributed by atoms with Crippen LogP contribution in [0.2, 0.25) is 5.02 Å². The van der Waals surface area contributed by atoms with Crippen molar-refractivity contribution in [3.63, 3.8) is 0 Å². The third-order valence-electron chi connectivity index (χ3n) is 1.16. The Morgan fingerprint density at radius 3 is 2.50 bits per heavy atom. The molecule has 0 aliphatic carbocycles. The van der Waals surface area contributed by atoms with Crippen LogP contribution in [0.15, 0.2) is 0 Å². The smallest absolute Gasteiger partial charge is 0.232 e. The molecule has 4 nitrogen and oxygen atoms in total. The summed E-state index contributed by atoms with van der Waals surface area (Å²) >= 11 is 5.68. The lowest BCUT2D eigenvalue weighted by molar-refractivity contribution is 0.373. The summed E-state index contributed by atoms with van der Waals surface area (Å²) in [7, 11) is 3.23. The van der Waals surface area contributed by atoms with E-state index in [1.807, 2.05) is 0 Å². The zero-order valence-corrected chi connectivity index (χ0v) is 6.51. The molecule has 5 heteroatoms. The molecular formula is C5H8ClN3O. The summed E-state index contributed by atoms with van der Waals surface area (Å²) in [5, 5.41) is 4.18. The molecule has 1 aromatic heterocycles. The maximum absolute atomic E-state index is 5.68. The van der Waals surface area contributed by atoms with Gasteiger partial charge in [-0.3, -0.25) is 0 Å². The average Bonchev–Trinajstić information content (AvgIpc) is 2.09. The number of ether oxygens (including phenoxy) is 1. The fourth-order valence-electron chi connectivity index (χ4n) is 0.724. The van der Waals surface area contributed by atoms with Gasteiger partial charge in [0.2, 0.25) is 5.88 Å². The maximum Gasteiger partial charge on any atom is 0.232 e. The lowest BCUT2D eigenvalue weighted by atomic mass is 10.6. The van der Waals surface area contributed by atoms with Gasteiger partial charge in [0.15, 0.2) is 5.82 Å². The Balaban J connectivity index is 3.20. The predicted octanol–water partition coefficient (Wildman–Crippen LogP) is 0.664. The highest BCUT2D eigenvalue weighted by molar-refractivity contribution is 6.34. The second-order valence-corrected chi connectivity index (χ2v) is 2.21. The predicted molar refractivity (Wildman–Crippen MR) is 39.2 cm³/mol. The number of aryl methyl sites for hydroxylation is 1. The van der Waals surface area contributed by atoms with Gasteiger partial charge in [-0.2, -0.15) is 5.10 Å². The Hall–Kier alpha value is -0.900. The number of aromatic nitrogens is 2. The SMILES string of the molecule is COc1c(Cl)c(N)nn1C. The third-order valence-corrected chi connectivity index (χ3v) is 1.51. The van der Waals surface area contributed by atoms with Crippen molar-refractivity contribution in [2.75, 3.05) is 12.8 Å². The van der Waals surface area contributed by atoms with Gasteiger partial charge in [0.25, 0.3) is 0 Å². The standard InChI is InChI=1S/C5H8ClN3O/c1-9-5(10-2)3(6)4(7)8-9/h1-2H3,(H2,7,8). The largest absolute Gasteiger partial charge is 0.480 e. The number of methoxy groups -OCH3 is 1. The van der Waals surface area contributed by atoms with E-state index in [1.165, 1.54) is 11.8 Å². The molecule has 0 aromatic carbocycles. The number of anilines is 1. The number of nitrogens with zero attached hydrogens (tertiary/aromatic N) is 2. The summed E-state index contributed by atoms with van der Waals surface area (Å²) in [6.45, 7) is 0. The lowest BCUT2D eigenvalue weighted by Crippen LogP contribution is -1.95. The van der Waals surface area contributed by atoms with Crippen LogP contribution >= 0.6 is 11.6 Å². The Bertz CT molecular complexity index is 245. The normalized spacial score (nSPS) is 9.90. The van der Waals surface area contributed by atoms with E-state index in [9.17, 15) is 0 Å². The fraction of sp³-hybridized carbons (Fsp3) is 0.400. The van der Waals surface area contributed by atoms with E-state index in [4.69, 9.17) is 22.1 Å². The molecule has 0 saturated heterocycles. The minimum atomic E-state index is 0.293. The molecule has 2 N–H and O–H groups in total. The highest BCUT2D eigenvalue weighted by Crippen LogP contribution is 2.28. The Labute approximate surface area is 63.5 Å². The second-order valence-electron chi connectivity index (χ2n) is 1.83. The van der Waals surface area contributed by atoms with E-state index in [1.54, 1.807) is 7.05 Å². The molecule has 0 aliphatic rings. The van der Waals surface area contributed by atoms with Crippen molar-refractivity contribution in [2.45, 2.75) is 0 Å². The first-order valence-electron chi connectivity index (χ1n) is 2.68. The minimum absolute atomic E-state index is 0.293. The molecule has 10 heavy (non-hydrogen) atoms. The van der Waals surface area contributed by atoms with Gasteiger partial charge in [0.1, 0.15) is 5.02 Å². The summed E-state index contributed by atoms with van der Waals surface area (Å²) in [6, 6.07) is 0. The third kappa shape index (κ3) is 0.903. The van der Waals surface area contributed by atoms with Crippen LogP contribution in [0.25, 0.3) is 0 Å². The van der Waals surface area contributed by atoms with Crippen LogP contribution in [-0.2, 0) is 7.05 Å². The molecule has 1 rings (SSSR count). The summed E-state index contributed by atoms with van der Waals surface area (Å²) in [5.74, 6) is 0.778. The molecule has 1 heterocycles. The lowest BCUT2D eigenvalue weighted by Gasteiger charge is -1.97. The van der Waals surface area contributed by atoms with E-state index in [-0.39, 0.29) is 0 Å². The Kier molecular flexibility index (Phi) is 1.72. The molecule has 0 bridgehead atoms. The maximum atomic E-state index is 5.68. The van der Waals surface area contributed by atoms with E-state index in [2.05, 4.69) is 5.10 Å². The van der Waals surface area contributed by atoms with E-state index in [0.29, 0.717) is 16.7 Å². The molecule has 0 spiro atoms. The van der Waals surface area contributed by atoms with Crippen molar-refractivity contribution >= 4 is 17.4 Å². The van der Waals surface area contributed by atoms with Crippen molar-refractivity contribution < 1.29 is 4.74 Å². The fourth-order valence-corrected chi connectivity index (χ4v) is 0.962. The van der Waals surface area contributed by atoms with E-state index in [0.717, 1.165) is 0 Å². The van der Waals surface area contributed by atoms with Gasteiger partial charge in [-0.15, -0.1) is 0 Å². The van der Waals surface area contributed by atoms with Crippen LogP contribution in [0.5, 0.6) is 5.88 Å². The summed E-state index contributed by atoms with van der Waals surface area (Å²) in [5.41, 5.74) is 5.37.